The first-order valence-corrected chi connectivity index (χ1v) is 10.8. The van der Waals surface area contributed by atoms with Crippen LogP contribution in [0.15, 0.2) is 48.9 Å². The Balaban J connectivity index is 1.34. The second kappa shape index (κ2) is 9.73. The zero-order valence-corrected chi connectivity index (χ0v) is 17.4. The Morgan fingerprint density at radius 1 is 1.23 bits per heavy atom. The van der Waals surface area contributed by atoms with Crippen LogP contribution in [0, 0.1) is 5.82 Å². The first-order chi connectivity index (χ1) is 15.1. The topological polar surface area (TPSA) is 80.0 Å². The maximum atomic E-state index is 13.6. The maximum absolute atomic E-state index is 13.6. The highest BCUT2D eigenvalue weighted by atomic mass is 19.1. The molecule has 0 aliphatic carbocycles. The lowest BCUT2D eigenvalue weighted by atomic mass is 9.95. The van der Waals surface area contributed by atoms with E-state index in [4.69, 9.17) is 4.98 Å². The zero-order chi connectivity index (χ0) is 21.6. The molecule has 7 heteroatoms. The lowest BCUT2D eigenvalue weighted by Crippen LogP contribution is -2.14. The Kier molecular flexibility index (Phi) is 6.60. The highest BCUT2D eigenvalue weighted by Crippen LogP contribution is 2.23. The Hall–Kier alpha value is -3.22. The average Bonchev–Trinajstić information content (AvgIpc) is 3.20. The molecule has 3 aromatic rings. The van der Waals surface area contributed by atoms with E-state index in [0.29, 0.717) is 12.1 Å². The van der Waals surface area contributed by atoms with Crippen LogP contribution < -0.4 is 5.32 Å². The van der Waals surface area contributed by atoms with Crippen LogP contribution in [0.3, 0.4) is 0 Å². The number of pyridine rings is 1. The molecule has 0 spiro atoms. The molecule has 1 atom stereocenters. The molecule has 0 saturated heterocycles. The van der Waals surface area contributed by atoms with Gasteiger partial charge in [-0.2, -0.15) is 0 Å². The number of hydrogen-bond acceptors (Lipinski definition) is 4. The summed E-state index contributed by atoms with van der Waals surface area (Å²) in [7, 11) is 0. The van der Waals surface area contributed by atoms with Crippen LogP contribution in [-0.4, -0.2) is 32.2 Å². The molecule has 6 nitrogen and oxygen atoms in total. The van der Waals surface area contributed by atoms with Crippen LogP contribution in [0.5, 0.6) is 0 Å². The number of hydrogen-bond donors (Lipinski definition) is 2. The minimum Gasteiger partial charge on any atom is -0.481 e. The van der Waals surface area contributed by atoms with Gasteiger partial charge in [-0.1, -0.05) is 18.2 Å². The Bertz CT molecular complexity index is 1050. The molecule has 3 heterocycles. The summed E-state index contributed by atoms with van der Waals surface area (Å²) in [5, 5.41) is 12.6. The average molecular weight is 423 g/mol. The molecule has 2 aromatic heterocycles. The number of halogens is 1. The standard InChI is InChI=1S/C24H27FN4O2/c25-20-6-1-4-18(12-20)19(13-23(30)31)14-29-15-22(27-16-29)8-2-7-21-10-9-17-5-3-11-26-24(17)28-21/h1,4,6,9-10,12,15-16,19H,2-3,5,7-8,11,13-14H2,(H,26,28)(H,30,31). The third-order valence-electron chi connectivity index (χ3n) is 5.68. The van der Waals surface area contributed by atoms with Gasteiger partial charge in [0.05, 0.1) is 18.4 Å². The number of carbonyl (C=O) groups is 1. The molecule has 31 heavy (non-hydrogen) atoms. The normalized spacial score (nSPS) is 14.0. The van der Waals surface area contributed by atoms with Crippen molar-refractivity contribution in [3.05, 3.63) is 77.3 Å². The predicted octanol–water partition coefficient (Wildman–Crippen LogP) is 4.21. The minimum absolute atomic E-state index is 0.0605. The van der Waals surface area contributed by atoms with Crippen LogP contribution in [-0.2, 0) is 30.6 Å². The summed E-state index contributed by atoms with van der Waals surface area (Å²) in [6, 6.07) is 10.4. The third-order valence-corrected chi connectivity index (χ3v) is 5.68. The summed E-state index contributed by atoms with van der Waals surface area (Å²) < 4.78 is 15.5. The molecular formula is C24H27FN4O2. The number of carboxylic acids is 1. The van der Waals surface area contributed by atoms with Gasteiger partial charge in [0, 0.05) is 30.9 Å². The second-order valence-corrected chi connectivity index (χ2v) is 8.11. The second-order valence-electron chi connectivity index (χ2n) is 8.11. The Morgan fingerprint density at radius 2 is 2.10 bits per heavy atom. The van der Waals surface area contributed by atoms with E-state index in [-0.39, 0.29) is 18.2 Å². The van der Waals surface area contributed by atoms with E-state index in [9.17, 15) is 14.3 Å². The van der Waals surface area contributed by atoms with E-state index in [2.05, 4.69) is 22.4 Å². The molecule has 1 aliphatic heterocycles. The van der Waals surface area contributed by atoms with Crippen molar-refractivity contribution < 1.29 is 14.3 Å². The molecule has 0 bridgehead atoms. The Morgan fingerprint density at radius 3 is 2.94 bits per heavy atom. The lowest BCUT2D eigenvalue weighted by Gasteiger charge is -2.17. The van der Waals surface area contributed by atoms with Gasteiger partial charge in [0.2, 0.25) is 0 Å². The van der Waals surface area contributed by atoms with Crippen LogP contribution in [0.25, 0.3) is 0 Å². The van der Waals surface area contributed by atoms with Crippen molar-refractivity contribution in [3.63, 3.8) is 0 Å². The summed E-state index contributed by atoms with van der Waals surface area (Å²) in [4.78, 5) is 20.5. The smallest absolute Gasteiger partial charge is 0.304 e. The minimum atomic E-state index is -0.901. The van der Waals surface area contributed by atoms with Crippen molar-refractivity contribution in [3.8, 4) is 0 Å². The van der Waals surface area contributed by atoms with Gasteiger partial charge in [0.25, 0.3) is 0 Å². The fraction of sp³-hybridized carbons (Fsp3) is 0.375. The summed E-state index contributed by atoms with van der Waals surface area (Å²) in [6.45, 7) is 1.43. The monoisotopic (exact) mass is 422 g/mol. The molecule has 0 saturated carbocycles. The molecule has 0 fully saturated rings. The summed E-state index contributed by atoms with van der Waals surface area (Å²) >= 11 is 0. The van der Waals surface area contributed by atoms with Gasteiger partial charge in [0.1, 0.15) is 11.6 Å². The van der Waals surface area contributed by atoms with Crippen LogP contribution in [0.1, 0.15) is 47.7 Å². The van der Waals surface area contributed by atoms with Crippen LogP contribution in [0.4, 0.5) is 10.2 Å². The van der Waals surface area contributed by atoms with Gasteiger partial charge in [-0.15, -0.1) is 0 Å². The number of aryl methyl sites for hydroxylation is 3. The van der Waals surface area contributed by atoms with Crippen molar-refractivity contribution in [1.82, 2.24) is 14.5 Å². The molecule has 0 amide bonds. The number of anilines is 1. The lowest BCUT2D eigenvalue weighted by molar-refractivity contribution is -0.137. The number of aromatic nitrogens is 3. The van der Waals surface area contributed by atoms with Gasteiger partial charge in [-0.3, -0.25) is 4.79 Å². The molecule has 0 radical (unpaired) electrons. The molecular weight excluding hydrogens is 395 g/mol. The van der Waals surface area contributed by atoms with Gasteiger partial charge in [-0.05, 0) is 61.4 Å². The highest BCUT2D eigenvalue weighted by molar-refractivity contribution is 5.68. The van der Waals surface area contributed by atoms with Crippen molar-refractivity contribution >= 4 is 11.8 Å². The molecule has 1 aromatic carbocycles. The van der Waals surface area contributed by atoms with E-state index >= 15 is 0 Å². The summed E-state index contributed by atoms with van der Waals surface area (Å²) in [5.41, 5.74) is 4.03. The van der Waals surface area contributed by atoms with E-state index in [1.54, 1.807) is 18.5 Å². The fourth-order valence-electron chi connectivity index (χ4n) is 4.11. The number of imidazole rings is 1. The van der Waals surface area contributed by atoms with Gasteiger partial charge < -0.3 is 15.0 Å². The number of carboxylic acid groups (broad SMARTS) is 1. The van der Waals surface area contributed by atoms with Crippen molar-refractivity contribution in [2.24, 2.45) is 0 Å². The van der Waals surface area contributed by atoms with Gasteiger partial charge in [-0.25, -0.2) is 14.4 Å². The maximum Gasteiger partial charge on any atom is 0.304 e. The first-order valence-electron chi connectivity index (χ1n) is 10.8. The number of rotatable bonds is 9. The number of fused-ring (bicyclic) bond motifs is 1. The third kappa shape index (κ3) is 5.69. The SMILES string of the molecule is O=C(O)CC(Cn1cnc(CCCc2ccc3c(n2)NCCC3)c1)c1cccc(F)c1. The number of benzene rings is 1. The number of aliphatic carboxylic acids is 1. The quantitative estimate of drug-likeness (QED) is 0.540. The molecule has 1 unspecified atom stereocenters. The fourth-order valence-corrected chi connectivity index (χ4v) is 4.11. The van der Waals surface area contributed by atoms with E-state index in [1.807, 2.05) is 10.8 Å². The first kappa shape index (κ1) is 21.0. The molecule has 162 valence electrons. The largest absolute Gasteiger partial charge is 0.481 e. The van der Waals surface area contributed by atoms with E-state index in [0.717, 1.165) is 55.9 Å². The van der Waals surface area contributed by atoms with Crippen molar-refractivity contribution in [1.29, 1.82) is 0 Å². The van der Waals surface area contributed by atoms with Crippen LogP contribution >= 0.6 is 0 Å². The van der Waals surface area contributed by atoms with E-state index < -0.39 is 5.97 Å². The highest BCUT2D eigenvalue weighted by Gasteiger charge is 2.17. The number of nitrogens with zero attached hydrogens (tertiary/aromatic N) is 3. The number of nitrogens with one attached hydrogen (secondary N) is 1. The van der Waals surface area contributed by atoms with Gasteiger partial charge >= 0.3 is 5.97 Å². The zero-order valence-electron chi connectivity index (χ0n) is 17.4. The summed E-state index contributed by atoms with van der Waals surface area (Å²) in [5.74, 6) is -0.552. The van der Waals surface area contributed by atoms with Gasteiger partial charge in [0.15, 0.2) is 0 Å². The summed E-state index contributed by atoms with van der Waals surface area (Å²) in [6.07, 6.45) is 8.51. The molecule has 1 aliphatic rings. The Labute approximate surface area is 181 Å². The predicted molar refractivity (Wildman–Crippen MR) is 117 cm³/mol. The van der Waals surface area contributed by atoms with Crippen LogP contribution in [0.2, 0.25) is 0 Å². The van der Waals surface area contributed by atoms with Crippen molar-refractivity contribution in [2.75, 3.05) is 11.9 Å². The molecule has 4 rings (SSSR count). The van der Waals surface area contributed by atoms with E-state index in [1.165, 1.54) is 17.7 Å². The molecule has 2 N–H and O–H groups in total. The van der Waals surface area contributed by atoms with Crippen molar-refractivity contribution in [2.45, 2.75) is 51.0 Å².